The molecule has 1 N–H and O–H groups in total. The van der Waals surface area contributed by atoms with Gasteiger partial charge in [0.2, 0.25) is 0 Å². The van der Waals surface area contributed by atoms with Crippen molar-refractivity contribution in [3.8, 4) is 11.5 Å². The number of hydrogen-bond donors (Lipinski definition) is 1. The number of nitrogens with one attached hydrogen (secondary N) is 1. The van der Waals surface area contributed by atoms with Gasteiger partial charge in [0.15, 0.2) is 5.96 Å². The van der Waals surface area contributed by atoms with Crippen molar-refractivity contribution in [3.05, 3.63) is 54.4 Å². The molecule has 0 amide bonds. The summed E-state index contributed by atoms with van der Waals surface area (Å²) in [4.78, 5) is 10.7. The van der Waals surface area contributed by atoms with Crippen LogP contribution >= 0.6 is 0 Å². The van der Waals surface area contributed by atoms with E-state index in [4.69, 9.17) is 9.47 Å². The predicted octanol–water partition coefficient (Wildman–Crippen LogP) is 2.57. The number of pyridine rings is 1. The molecule has 0 aliphatic heterocycles. The lowest BCUT2D eigenvalue weighted by molar-refractivity contribution is 0.326. The summed E-state index contributed by atoms with van der Waals surface area (Å²) in [6, 6.07) is 11.7. The minimum absolute atomic E-state index is 0.503. The molecule has 0 fully saturated rings. The molecule has 0 saturated heterocycles. The van der Waals surface area contributed by atoms with E-state index in [-0.39, 0.29) is 0 Å². The van der Waals surface area contributed by atoms with Crippen molar-refractivity contribution < 1.29 is 9.47 Å². The van der Waals surface area contributed by atoms with Crippen LogP contribution in [0.25, 0.3) is 0 Å². The van der Waals surface area contributed by atoms with E-state index in [1.165, 1.54) is 0 Å². The van der Waals surface area contributed by atoms with Gasteiger partial charge < -0.3 is 19.7 Å². The van der Waals surface area contributed by atoms with E-state index in [2.05, 4.69) is 33.2 Å². The number of aliphatic imine (C=N–C) groups is 1. The highest BCUT2D eigenvalue weighted by Crippen LogP contribution is 2.18. The molecular formula is C19H26N4O2. The van der Waals surface area contributed by atoms with Crippen LogP contribution in [0, 0.1) is 0 Å². The lowest BCUT2D eigenvalue weighted by Gasteiger charge is -2.23. The average Bonchev–Trinajstić information content (AvgIpc) is 2.65. The van der Waals surface area contributed by atoms with Crippen LogP contribution in [0.1, 0.15) is 12.5 Å². The Bertz CT molecular complexity index is 661. The van der Waals surface area contributed by atoms with Crippen LogP contribution < -0.4 is 14.8 Å². The number of methoxy groups -OCH3 is 1. The summed E-state index contributed by atoms with van der Waals surface area (Å²) < 4.78 is 11.1. The highest BCUT2D eigenvalue weighted by atomic mass is 16.5. The van der Waals surface area contributed by atoms with Crippen LogP contribution in [0.2, 0.25) is 0 Å². The summed E-state index contributed by atoms with van der Waals surface area (Å²) in [5.41, 5.74) is 1.12. The fourth-order valence-electron chi connectivity index (χ4n) is 2.38. The summed E-state index contributed by atoms with van der Waals surface area (Å²) in [6.45, 7) is 4.63. The van der Waals surface area contributed by atoms with E-state index in [1.54, 1.807) is 19.5 Å². The maximum atomic E-state index is 5.63. The Balaban J connectivity index is 1.93. The van der Waals surface area contributed by atoms with Crippen molar-refractivity contribution in [2.24, 2.45) is 4.99 Å². The minimum atomic E-state index is 0.503. The Labute approximate surface area is 149 Å². The van der Waals surface area contributed by atoms with Gasteiger partial charge in [-0.2, -0.15) is 0 Å². The molecule has 2 aromatic rings. The zero-order valence-corrected chi connectivity index (χ0v) is 15.1. The Morgan fingerprint density at radius 3 is 2.80 bits per heavy atom. The maximum absolute atomic E-state index is 5.63. The molecule has 134 valence electrons. The second kappa shape index (κ2) is 10.2. The van der Waals surface area contributed by atoms with E-state index < -0.39 is 0 Å². The number of para-hydroxylation sites is 1. The third kappa shape index (κ3) is 5.99. The first kappa shape index (κ1) is 18.6. The van der Waals surface area contributed by atoms with Crippen molar-refractivity contribution in [3.63, 3.8) is 0 Å². The maximum Gasteiger partial charge on any atom is 0.194 e. The van der Waals surface area contributed by atoms with E-state index in [1.807, 2.05) is 37.4 Å². The molecule has 0 unspecified atom stereocenters. The summed E-state index contributed by atoms with van der Waals surface area (Å²) in [5, 5.41) is 3.31. The van der Waals surface area contributed by atoms with Crippen LogP contribution in [0.5, 0.6) is 11.5 Å². The Hall–Kier alpha value is -2.76. The third-order valence-electron chi connectivity index (χ3n) is 3.55. The van der Waals surface area contributed by atoms with E-state index >= 15 is 0 Å². The van der Waals surface area contributed by atoms with Crippen molar-refractivity contribution in [2.45, 2.75) is 13.5 Å². The SMILES string of the molecule is CCNC(=NCCOc1cccnc1)N(C)Cc1ccccc1OC. The van der Waals surface area contributed by atoms with Crippen LogP contribution in [-0.4, -0.2) is 49.7 Å². The van der Waals surface area contributed by atoms with Gasteiger partial charge in [-0.1, -0.05) is 18.2 Å². The monoisotopic (exact) mass is 342 g/mol. The number of ether oxygens (including phenoxy) is 2. The first-order valence-electron chi connectivity index (χ1n) is 8.38. The van der Waals surface area contributed by atoms with Gasteiger partial charge in [-0.25, -0.2) is 4.99 Å². The van der Waals surface area contributed by atoms with Gasteiger partial charge in [-0.15, -0.1) is 0 Å². The summed E-state index contributed by atoms with van der Waals surface area (Å²) in [6.07, 6.45) is 3.42. The lowest BCUT2D eigenvalue weighted by atomic mass is 10.2. The van der Waals surface area contributed by atoms with Gasteiger partial charge in [0.25, 0.3) is 0 Å². The quantitative estimate of drug-likeness (QED) is 0.454. The predicted molar refractivity (Wildman–Crippen MR) is 100 cm³/mol. The molecular weight excluding hydrogens is 316 g/mol. The largest absolute Gasteiger partial charge is 0.496 e. The first-order valence-corrected chi connectivity index (χ1v) is 8.38. The second-order valence-corrected chi connectivity index (χ2v) is 5.44. The molecule has 1 aromatic heterocycles. The fraction of sp³-hybridized carbons (Fsp3) is 0.368. The van der Waals surface area contributed by atoms with E-state index in [9.17, 15) is 0 Å². The van der Waals surface area contributed by atoms with E-state index in [0.717, 1.165) is 29.6 Å². The van der Waals surface area contributed by atoms with Gasteiger partial charge in [-0.3, -0.25) is 4.98 Å². The summed E-state index contributed by atoms with van der Waals surface area (Å²) in [7, 11) is 3.70. The molecule has 0 aliphatic rings. The van der Waals surface area contributed by atoms with Gasteiger partial charge in [0.1, 0.15) is 18.1 Å². The topological polar surface area (TPSA) is 59.0 Å². The molecule has 1 heterocycles. The summed E-state index contributed by atoms with van der Waals surface area (Å²) >= 11 is 0. The minimum Gasteiger partial charge on any atom is -0.496 e. The molecule has 0 atom stereocenters. The molecule has 0 bridgehead atoms. The van der Waals surface area contributed by atoms with Crippen molar-refractivity contribution in [1.82, 2.24) is 15.2 Å². The first-order chi connectivity index (χ1) is 12.2. The van der Waals surface area contributed by atoms with Crippen molar-refractivity contribution in [2.75, 3.05) is 33.9 Å². The van der Waals surface area contributed by atoms with Gasteiger partial charge in [-0.05, 0) is 25.1 Å². The Kier molecular flexibility index (Phi) is 7.56. The molecule has 0 saturated carbocycles. The molecule has 25 heavy (non-hydrogen) atoms. The molecule has 2 rings (SSSR count). The lowest BCUT2D eigenvalue weighted by Crippen LogP contribution is -2.38. The molecule has 6 heteroatoms. The van der Waals surface area contributed by atoms with Crippen LogP contribution in [0.15, 0.2) is 53.8 Å². The number of benzene rings is 1. The fourth-order valence-corrected chi connectivity index (χ4v) is 2.38. The second-order valence-electron chi connectivity index (χ2n) is 5.44. The van der Waals surface area contributed by atoms with Crippen LogP contribution in [0.3, 0.4) is 0 Å². The van der Waals surface area contributed by atoms with E-state index in [0.29, 0.717) is 19.7 Å². The number of hydrogen-bond acceptors (Lipinski definition) is 4. The third-order valence-corrected chi connectivity index (χ3v) is 3.55. The van der Waals surface area contributed by atoms with Crippen molar-refractivity contribution in [1.29, 1.82) is 0 Å². The zero-order valence-electron chi connectivity index (χ0n) is 15.1. The average molecular weight is 342 g/mol. The molecule has 0 radical (unpaired) electrons. The van der Waals surface area contributed by atoms with Crippen LogP contribution in [-0.2, 0) is 6.54 Å². The highest BCUT2D eigenvalue weighted by molar-refractivity contribution is 5.79. The number of aromatic nitrogens is 1. The highest BCUT2D eigenvalue weighted by Gasteiger charge is 2.09. The van der Waals surface area contributed by atoms with Crippen LogP contribution in [0.4, 0.5) is 0 Å². The Morgan fingerprint density at radius 2 is 2.08 bits per heavy atom. The smallest absolute Gasteiger partial charge is 0.194 e. The van der Waals surface area contributed by atoms with Gasteiger partial charge >= 0.3 is 0 Å². The van der Waals surface area contributed by atoms with Gasteiger partial charge in [0, 0.05) is 31.9 Å². The summed E-state index contributed by atoms with van der Waals surface area (Å²) in [5.74, 6) is 2.47. The number of nitrogens with zero attached hydrogens (tertiary/aromatic N) is 3. The zero-order chi connectivity index (χ0) is 17.9. The Morgan fingerprint density at radius 1 is 1.24 bits per heavy atom. The standard InChI is InChI=1S/C19H26N4O2/c1-4-21-19(22-12-13-25-17-9-7-11-20-14-17)23(2)15-16-8-5-6-10-18(16)24-3/h5-11,14H,4,12-13,15H2,1-3H3,(H,21,22). The molecule has 0 spiro atoms. The van der Waals surface area contributed by atoms with Gasteiger partial charge in [0.05, 0.1) is 19.9 Å². The number of guanidine groups is 1. The van der Waals surface area contributed by atoms with Crippen molar-refractivity contribution >= 4 is 5.96 Å². The molecule has 0 aliphatic carbocycles. The normalized spacial score (nSPS) is 11.1. The molecule has 6 nitrogen and oxygen atoms in total. The number of rotatable bonds is 8. The molecule has 1 aromatic carbocycles.